The van der Waals surface area contributed by atoms with Crippen LogP contribution in [0.15, 0.2) is 0 Å². The van der Waals surface area contributed by atoms with Crippen LogP contribution in [-0.4, -0.2) is 62.9 Å². The minimum atomic E-state index is 0.106. The third-order valence-electron chi connectivity index (χ3n) is 3.30. The highest BCUT2D eigenvalue weighted by atomic mass is 16.5. The molecule has 2 rings (SSSR count). The molecule has 0 aromatic heterocycles. The molecule has 2 aliphatic heterocycles. The monoisotopic (exact) mass is 242 g/mol. The van der Waals surface area contributed by atoms with Crippen LogP contribution in [0, 0.1) is 0 Å². The molecule has 98 valence electrons. The lowest BCUT2D eigenvalue weighted by molar-refractivity contribution is -0.138. The summed E-state index contributed by atoms with van der Waals surface area (Å²) in [5, 5.41) is 3.28. The molecular weight excluding hydrogens is 220 g/mol. The summed E-state index contributed by atoms with van der Waals surface area (Å²) in [6.07, 6.45) is 3.20. The van der Waals surface area contributed by atoms with Gasteiger partial charge in [0.2, 0.25) is 5.91 Å². The number of amides is 1. The maximum Gasteiger partial charge on any atom is 0.248 e. The van der Waals surface area contributed by atoms with Crippen LogP contribution in [0.3, 0.4) is 0 Å². The van der Waals surface area contributed by atoms with Crippen molar-refractivity contribution in [1.82, 2.24) is 10.2 Å². The fourth-order valence-corrected chi connectivity index (χ4v) is 2.24. The van der Waals surface area contributed by atoms with E-state index in [1.807, 2.05) is 4.90 Å². The van der Waals surface area contributed by atoms with Gasteiger partial charge >= 0.3 is 0 Å². The average molecular weight is 242 g/mol. The van der Waals surface area contributed by atoms with E-state index in [-0.39, 0.29) is 18.6 Å². The van der Waals surface area contributed by atoms with E-state index in [1.165, 1.54) is 0 Å². The van der Waals surface area contributed by atoms with Crippen LogP contribution >= 0.6 is 0 Å². The topological polar surface area (TPSA) is 50.8 Å². The van der Waals surface area contributed by atoms with E-state index in [0.717, 1.165) is 45.5 Å². The summed E-state index contributed by atoms with van der Waals surface area (Å²) in [7, 11) is 0. The molecule has 0 aliphatic carbocycles. The first-order valence-electron chi connectivity index (χ1n) is 6.54. The van der Waals surface area contributed by atoms with Gasteiger partial charge in [-0.15, -0.1) is 0 Å². The number of nitrogens with zero attached hydrogens (tertiary/aromatic N) is 1. The molecule has 1 amide bonds. The van der Waals surface area contributed by atoms with Crippen molar-refractivity contribution in [2.24, 2.45) is 0 Å². The third-order valence-corrected chi connectivity index (χ3v) is 3.30. The van der Waals surface area contributed by atoms with Gasteiger partial charge < -0.3 is 19.7 Å². The minimum Gasteiger partial charge on any atom is -0.380 e. The van der Waals surface area contributed by atoms with Gasteiger partial charge in [-0.25, -0.2) is 0 Å². The van der Waals surface area contributed by atoms with Crippen molar-refractivity contribution in [2.75, 3.05) is 46.0 Å². The quantitative estimate of drug-likeness (QED) is 0.757. The molecule has 5 heteroatoms. The summed E-state index contributed by atoms with van der Waals surface area (Å²) >= 11 is 0. The Bertz CT molecular complexity index is 234. The third kappa shape index (κ3) is 4.26. The first-order chi connectivity index (χ1) is 8.36. The van der Waals surface area contributed by atoms with Gasteiger partial charge in [0.25, 0.3) is 0 Å². The number of piperidine rings is 1. The van der Waals surface area contributed by atoms with Gasteiger partial charge in [0.1, 0.15) is 6.61 Å². The lowest BCUT2D eigenvalue weighted by atomic mass is 10.1. The summed E-state index contributed by atoms with van der Waals surface area (Å²) in [6, 6.07) is 0. The molecule has 2 fully saturated rings. The van der Waals surface area contributed by atoms with Crippen LogP contribution in [0.2, 0.25) is 0 Å². The summed E-state index contributed by atoms with van der Waals surface area (Å²) in [6.45, 7) is 5.14. The van der Waals surface area contributed by atoms with E-state index in [9.17, 15) is 4.79 Å². The van der Waals surface area contributed by atoms with Gasteiger partial charge in [0.15, 0.2) is 0 Å². The van der Waals surface area contributed by atoms with Crippen molar-refractivity contribution in [1.29, 1.82) is 0 Å². The second-order valence-electron chi connectivity index (χ2n) is 4.61. The summed E-state index contributed by atoms with van der Waals surface area (Å²) in [5.74, 6) is 0.106. The number of nitrogens with one attached hydrogen (secondary N) is 1. The molecule has 0 unspecified atom stereocenters. The van der Waals surface area contributed by atoms with Crippen molar-refractivity contribution >= 4 is 5.91 Å². The molecule has 0 bridgehead atoms. The van der Waals surface area contributed by atoms with E-state index < -0.39 is 0 Å². The molecule has 0 radical (unpaired) electrons. The van der Waals surface area contributed by atoms with Crippen LogP contribution < -0.4 is 5.32 Å². The van der Waals surface area contributed by atoms with E-state index in [4.69, 9.17) is 9.47 Å². The number of carbonyl (C=O) groups excluding carboxylic acids is 1. The molecule has 0 atom stereocenters. The maximum atomic E-state index is 11.9. The first-order valence-corrected chi connectivity index (χ1v) is 6.54. The summed E-state index contributed by atoms with van der Waals surface area (Å²) < 4.78 is 11.0. The SMILES string of the molecule is O=C(COC1CCNCC1)N1CCCOCC1. The normalized spacial score (nSPS) is 23.4. The smallest absolute Gasteiger partial charge is 0.248 e. The molecule has 2 aliphatic rings. The van der Waals surface area contributed by atoms with Gasteiger partial charge in [-0.05, 0) is 32.4 Å². The molecule has 0 spiro atoms. The number of hydrogen-bond donors (Lipinski definition) is 1. The van der Waals surface area contributed by atoms with Gasteiger partial charge in [0.05, 0.1) is 12.7 Å². The van der Waals surface area contributed by atoms with Crippen molar-refractivity contribution < 1.29 is 14.3 Å². The second-order valence-corrected chi connectivity index (χ2v) is 4.61. The number of rotatable bonds is 3. The van der Waals surface area contributed by atoms with Gasteiger partial charge in [-0.2, -0.15) is 0 Å². The Labute approximate surface area is 102 Å². The molecule has 2 saturated heterocycles. The van der Waals surface area contributed by atoms with Crippen LogP contribution in [-0.2, 0) is 14.3 Å². The van der Waals surface area contributed by atoms with E-state index >= 15 is 0 Å². The van der Waals surface area contributed by atoms with Gasteiger partial charge in [-0.1, -0.05) is 0 Å². The molecule has 17 heavy (non-hydrogen) atoms. The lowest BCUT2D eigenvalue weighted by Gasteiger charge is -2.25. The van der Waals surface area contributed by atoms with Crippen LogP contribution in [0.4, 0.5) is 0 Å². The molecule has 0 aromatic carbocycles. The number of hydrogen-bond acceptors (Lipinski definition) is 4. The Balaban J connectivity index is 1.68. The fourth-order valence-electron chi connectivity index (χ4n) is 2.24. The minimum absolute atomic E-state index is 0.106. The molecule has 2 heterocycles. The van der Waals surface area contributed by atoms with Crippen molar-refractivity contribution in [2.45, 2.75) is 25.4 Å². The van der Waals surface area contributed by atoms with Gasteiger partial charge in [0, 0.05) is 19.7 Å². The standard InChI is InChI=1S/C12H22N2O3/c15-12(14-6-1-8-16-9-7-14)10-17-11-2-4-13-5-3-11/h11,13H,1-10H2. The lowest BCUT2D eigenvalue weighted by Crippen LogP contribution is -2.39. The largest absolute Gasteiger partial charge is 0.380 e. The average Bonchev–Trinajstić information content (AvgIpc) is 2.66. The number of ether oxygens (including phenoxy) is 2. The van der Waals surface area contributed by atoms with Gasteiger partial charge in [-0.3, -0.25) is 4.79 Å². The van der Waals surface area contributed by atoms with Crippen LogP contribution in [0.1, 0.15) is 19.3 Å². The summed E-state index contributed by atoms with van der Waals surface area (Å²) in [5.41, 5.74) is 0. The molecule has 1 N–H and O–H groups in total. The number of carbonyl (C=O) groups is 1. The zero-order chi connectivity index (χ0) is 11.9. The van der Waals surface area contributed by atoms with Crippen LogP contribution in [0.5, 0.6) is 0 Å². The maximum absolute atomic E-state index is 11.9. The Kier molecular flexibility index (Phi) is 5.22. The van der Waals surface area contributed by atoms with E-state index in [0.29, 0.717) is 13.2 Å². The second kappa shape index (κ2) is 6.93. The summed E-state index contributed by atoms with van der Waals surface area (Å²) in [4.78, 5) is 13.8. The van der Waals surface area contributed by atoms with E-state index in [1.54, 1.807) is 0 Å². The fraction of sp³-hybridized carbons (Fsp3) is 0.917. The van der Waals surface area contributed by atoms with Crippen LogP contribution in [0.25, 0.3) is 0 Å². The highest BCUT2D eigenvalue weighted by molar-refractivity contribution is 5.77. The molecule has 0 saturated carbocycles. The molecule has 5 nitrogen and oxygen atoms in total. The Hall–Kier alpha value is -0.650. The molecule has 0 aromatic rings. The highest BCUT2D eigenvalue weighted by Crippen LogP contribution is 2.08. The predicted molar refractivity (Wildman–Crippen MR) is 63.9 cm³/mol. The Morgan fingerprint density at radius 2 is 2.12 bits per heavy atom. The van der Waals surface area contributed by atoms with Crippen molar-refractivity contribution in [3.8, 4) is 0 Å². The highest BCUT2D eigenvalue weighted by Gasteiger charge is 2.19. The van der Waals surface area contributed by atoms with E-state index in [2.05, 4.69) is 5.32 Å². The first kappa shape index (κ1) is 12.8. The zero-order valence-electron chi connectivity index (χ0n) is 10.3. The van der Waals surface area contributed by atoms with Crippen molar-refractivity contribution in [3.63, 3.8) is 0 Å². The Morgan fingerprint density at radius 3 is 2.94 bits per heavy atom. The van der Waals surface area contributed by atoms with Crippen molar-refractivity contribution in [3.05, 3.63) is 0 Å². The molecular formula is C12H22N2O3. The predicted octanol–water partition coefficient (Wildman–Crippen LogP) is 0.00390. The zero-order valence-corrected chi connectivity index (χ0v) is 10.3. The Morgan fingerprint density at radius 1 is 1.29 bits per heavy atom.